The molecule has 0 aliphatic rings. The highest BCUT2D eigenvalue weighted by Crippen LogP contribution is 2.26. The third kappa shape index (κ3) is 1.81. The minimum Gasteiger partial charge on any atom is -0.245 e. The van der Waals surface area contributed by atoms with E-state index in [0.717, 1.165) is 9.48 Å². The summed E-state index contributed by atoms with van der Waals surface area (Å²) < 4.78 is 1.14. The van der Waals surface area contributed by atoms with Crippen LogP contribution < -0.4 is 0 Å². The molecule has 0 saturated heterocycles. The van der Waals surface area contributed by atoms with E-state index in [-0.39, 0.29) is 0 Å². The van der Waals surface area contributed by atoms with Crippen LogP contribution in [0.25, 0.3) is 10.6 Å². The molecular weight excluding hydrogens is 246 g/mol. The fourth-order valence-electron chi connectivity index (χ4n) is 1.09. The van der Waals surface area contributed by atoms with Crippen LogP contribution in [-0.4, -0.2) is 4.98 Å². The summed E-state index contributed by atoms with van der Waals surface area (Å²) in [5, 5.41) is 3.06. The van der Waals surface area contributed by atoms with E-state index >= 15 is 0 Å². The summed E-state index contributed by atoms with van der Waals surface area (Å²) in [7, 11) is 0. The van der Waals surface area contributed by atoms with Gasteiger partial charge in [0.2, 0.25) is 0 Å². The Labute approximate surface area is 89.6 Å². The summed E-state index contributed by atoms with van der Waals surface area (Å²) in [4.78, 5) is 4.25. The zero-order valence-electron chi connectivity index (χ0n) is 7.12. The molecule has 0 saturated carbocycles. The van der Waals surface area contributed by atoms with Gasteiger partial charge in [0.25, 0.3) is 0 Å². The summed E-state index contributed by atoms with van der Waals surface area (Å²) >= 11 is 5.17. The van der Waals surface area contributed by atoms with Gasteiger partial charge in [-0.1, -0.05) is 28.1 Å². The highest BCUT2D eigenvalue weighted by Gasteiger charge is 2.01. The Morgan fingerprint density at radius 3 is 2.85 bits per heavy atom. The van der Waals surface area contributed by atoms with Gasteiger partial charge in [0.05, 0.1) is 0 Å². The number of halogens is 1. The molecule has 0 aliphatic carbocycles. The van der Waals surface area contributed by atoms with Gasteiger partial charge in [0.1, 0.15) is 5.01 Å². The van der Waals surface area contributed by atoms with Crippen molar-refractivity contribution in [2.45, 2.75) is 6.92 Å². The molecule has 0 bridgehead atoms. The molecule has 1 aromatic heterocycles. The minimum atomic E-state index is 1.07. The molecule has 0 fully saturated rings. The highest BCUT2D eigenvalue weighted by molar-refractivity contribution is 9.10. The Kier molecular flexibility index (Phi) is 2.47. The molecule has 0 aliphatic heterocycles. The summed E-state index contributed by atoms with van der Waals surface area (Å²) in [6.07, 6.45) is 1.83. The van der Waals surface area contributed by atoms with Gasteiger partial charge < -0.3 is 0 Å². The predicted molar refractivity (Wildman–Crippen MR) is 60.0 cm³/mol. The van der Waals surface area contributed by atoms with Gasteiger partial charge in [-0.25, -0.2) is 4.98 Å². The Hall–Kier alpha value is -0.670. The van der Waals surface area contributed by atoms with E-state index in [0.29, 0.717) is 0 Å². The van der Waals surface area contributed by atoms with E-state index in [2.05, 4.69) is 46.0 Å². The molecule has 0 radical (unpaired) electrons. The van der Waals surface area contributed by atoms with Gasteiger partial charge in [0.15, 0.2) is 0 Å². The summed E-state index contributed by atoms with van der Waals surface area (Å²) in [6, 6.07) is 6.30. The first-order chi connectivity index (χ1) is 6.27. The molecule has 66 valence electrons. The first kappa shape index (κ1) is 8.91. The molecule has 0 spiro atoms. The van der Waals surface area contributed by atoms with E-state index in [4.69, 9.17) is 0 Å². The van der Waals surface area contributed by atoms with Crippen LogP contribution in [0.4, 0.5) is 0 Å². The second-order valence-corrected chi connectivity index (χ2v) is 4.55. The van der Waals surface area contributed by atoms with Crippen LogP contribution in [0.1, 0.15) is 5.56 Å². The number of hydrogen-bond acceptors (Lipinski definition) is 2. The topological polar surface area (TPSA) is 12.9 Å². The fraction of sp³-hybridized carbons (Fsp3) is 0.100. The average molecular weight is 254 g/mol. The van der Waals surface area contributed by atoms with E-state index in [1.165, 1.54) is 11.1 Å². The number of rotatable bonds is 1. The van der Waals surface area contributed by atoms with Crippen molar-refractivity contribution in [2.24, 2.45) is 0 Å². The van der Waals surface area contributed by atoms with Gasteiger partial charge in [-0.2, -0.15) is 0 Å². The van der Waals surface area contributed by atoms with Crippen LogP contribution in [0.5, 0.6) is 0 Å². The SMILES string of the molecule is Cc1ccc(-c2nccs2)cc1Br. The van der Waals surface area contributed by atoms with E-state index in [9.17, 15) is 0 Å². The average Bonchev–Trinajstić information content (AvgIpc) is 2.62. The predicted octanol–water partition coefficient (Wildman–Crippen LogP) is 3.88. The maximum Gasteiger partial charge on any atom is 0.123 e. The number of benzene rings is 1. The van der Waals surface area contributed by atoms with E-state index in [1.807, 2.05) is 11.6 Å². The lowest BCUT2D eigenvalue weighted by molar-refractivity contribution is 1.38. The molecule has 1 nitrogen and oxygen atoms in total. The molecule has 1 aromatic carbocycles. The van der Waals surface area contributed by atoms with Gasteiger partial charge >= 0.3 is 0 Å². The molecule has 0 unspecified atom stereocenters. The molecule has 1 heterocycles. The smallest absolute Gasteiger partial charge is 0.123 e. The fourth-order valence-corrected chi connectivity index (χ4v) is 2.11. The zero-order chi connectivity index (χ0) is 9.26. The van der Waals surface area contributed by atoms with E-state index < -0.39 is 0 Å². The number of thiazole rings is 1. The van der Waals surface area contributed by atoms with Crippen molar-refractivity contribution in [1.29, 1.82) is 0 Å². The Balaban J connectivity index is 2.49. The van der Waals surface area contributed by atoms with Crippen LogP contribution in [0.3, 0.4) is 0 Å². The van der Waals surface area contributed by atoms with Crippen LogP contribution >= 0.6 is 27.3 Å². The molecular formula is C10H8BrNS. The first-order valence-corrected chi connectivity index (χ1v) is 5.60. The highest BCUT2D eigenvalue weighted by atomic mass is 79.9. The standard InChI is InChI=1S/C10H8BrNS/c1-7-2-3-8(6-9(7)11)10-12-4-5-13-10/h2-6H,1H3. The van der Waals surface area contributed by atoms with Gasteiger partial charge in [0, 0.05) is 21.6 Å². The molecule has 13 heavy (non-hydrogen) atoms. The number of aromatic nitrogens is 1. The monoisotopic (exact) mass is 253 g/mol. The van der Waals surface area contributed by atoms with Crippen molar-refractivity contribution in [1.82, 2.24) is 4.98 Å². The lowest BCUT2D eigenvalue weighted by atomic mass is 10.2. The molecule has 2 aromatic rings. The normalized spacial score (nSPS) is 10.3. The summed E-state index contributed by atoms with van der Waals surface area (Å²) in [5.74, 6) is 0. The molecule has 0 atom stereocenters. The lowest BCUT2D eigenvalue weighted by Crippen LogP contribution is -1.78. The van der Waals surface area contributed by atoms with Crippen LogP contribution in [0.15, 0.2) is 34.2 Å². The zero-order valence-corrected chi connectivity index (χ0v) is 9.52. The van der Waals surface area contributed by atoms with Crippen molar-refractivity contribution in [3.63, 3.8) is 0 Å². The quantitative estimate of drug-likeness (QED) is 0.752. The molecule has 2 rings (SSSR count). The lowest BCUT2D eigenvalue weighted by Gasteiger charge is -2.00. The van der Waals surface area contributed by atoms with Gasteiger partial charge in [-0.05, 0) is 18.6 Å². The maximum absolute atomic E-state index is 4.25. The van der Waals surface area contributed by atoms with Crippen molar-refractivity contribution < 1.29 is 0 Å². The number of hydrogen-bond donors (Lipinski definition) is 0. The Morgan fingerprint density at radius 1 is 1.38 bits per heavy atom. The van der Waals surface area contributed by atoms with Crippen LogP contribution in [0.2, 0.25) is 0 Å². The van der Waals surface area contributed by atoms with Crippen LogP contribution in [-0.2, 0) is 0 Å². The summed E-state index contributed by atoms with van der Waals surface area (Å²) in [6.45, 7) is 2.08. The first-order valence-electron chi connectivity index (χ1n) is 3.93. The van der Waals surface area contributed by atoms with Crippen molar-refractivity contribution in [2.75, 3.05) is 0 Å². The third-order valence-corrected chi connectivity index (χ3v) is 3.53. The minimum absolute atomic E-state index is 1.07. The summed E-state index contributed by atoms with van der Waals surface area (Å²) in [5.41, 5.74) is 2.42. The van der Waals surface area contributed by atoms with Crippen molar-refractivity contribution in [3.05, 3.63) is 39.8 Å². The molecule has 0 amide bonds. The van der Waals surface area contributed by atoms with Crippen molar-refractivity contribution in [3.8, 4) is 10.6 Å². The second-order valence-electron chi connectivity index (χ2n) is 2.80. The third-order valence-electron chi connectivity index (χ3n) is 1.85. The molecule has 3 heteroatoms. The number of nitrogens with zero attached hydrogens (tertiary/aromatic N) is 1. The molecule has 0 N–H and O–H groups in total. The van der Waals surface area contributed by atoms with Crippen LogP contribution in [0, 0.1) is 6.92 Å². The van der Waals surface area contributed by atoms with E-state index in [1.54, 1.807) is 11.3 Å². The Morgan fingerprint density at radius 2 is 2.23 bits per heavy atom. The second kappa shape index (κ2) is 3.60. The largest absolute Gasteiger partial charge is 0.245 e. The van der Waals surface area contributed by atoms with Gasteiger partial charge in [-0.3, -0.25) is 0 Å². The Bertz CT molecular complexity index is 409. The van der Waals surface area contributed by atoms with Crippen molar-refractivity contribution >= 4 is 27.3 Å². The maximum atomic E-state index is 4.25. The van der Waals surface area contributed by atoms with Gasteiger partial charge in [-0.15, -0.1) is 11.3 Å². The number of aryl methyl sites for hydroxylation is 1.